The summed E-state index contributed by atoms with van der Waals surface area (Å²) in [6.45, 7) is 8.90. The lowest BCUT2D eigenvalue weighted by Crippen LogP contribution is -2.40. The van der Waals surface area contributed by atoms with E-state index in [2.05, 4.69) is 20.8 Å². The molecule has 1 aliphatic rings. The van der Waals surface area contributed by atoms with Crippen LogP contribution < -0.4 is 10.6 Å². The number of hydrogen-bond donors (Lipinski definition) is 2. The molecule has 136 valence electrons. The lowest BCUT2D eigenvalue weighted by Gasteiger charge is -2.16. The molecule has 1 atom stereocenters. The second-order valence-corrected chi connectivity index (χ2v) is 8.14. The van der Waals surface area contributed by atoms with Gasteiger partial charge >= 0.3 is 0 Å². The number of hydrogen-bond acceptors (Lipinski definition) is 5. The zero-order valence-corrected chi connectivity index (χ0v) is 15.6. The van der Waals surface area contributed by atoms with Gasteiger partial charge in [0.05, 0.1) is 18.5 Å². The Morgan fingerprint density at radius 2 is 2.17 bits per heavy atom. The number of aryl methyl sites for hydroxylation is 2. The van der Waals surface area contributed by atoms with Crippen LogP contribution in [0.5, 0.6) is 0 Å². The maximum Gasteiger partial charge on any atom is 0.211 e. The van der Waals surface area contributed by atoms with Crippen molar-refractivity contribution in [2.45, 2.75) is 33.7 Å². The van der Waals surface area contributed by atoms with Crippen molar-refractivity contribution in [2.75, 3.05) is 32.4 Å². The monoisotopic (exact) mass is 357 g/mol. The minimum Gasteiger partial charge on any atom is -0.361 e. The normalized spacial score (nSPS) is 19.7. The summed E-state index contributed by atoms with van der Waals surface area (Å²) in [6.07, 6.45) is 2.13. The molecule has 1 unspecified atom stereocenters. The van der Waals surface area contributed by atoms with Gasteiger partial charge in [0.25, 0.3) is 0 Å². The van der Waals surface area contributed by atoms with E-state index in [0.717, 1.165) is 35.9 Å². The Hall–Kier alpha value is -1.61. The fraction of sp³-hybridized carbons (Fsp3) is 0.733. The third-order valence-corrected chi connectivity index (χ3v) is 5.47. The van der Waals surface area contributed by atoms with Gasteiger partial charge in [0.2, 0.25) is 10.0 Å². The van der Waals surface area contributed by atoms with Gasteiger partial charge in [-0.1, -0.05) is 5.16 Å². The summed E-state index contributed by atoms with van der Waals surface area (Å²) in [5.41, 5.74) is 1.85. The molecule has 1 aliphatic heterocycles. The lowest BCUT2D eigenvalue weighted by atomic mass is 10.1. The van der Waals surface area contributed by atoms with Crippen molar-refractivity contribution in [1.29, 1.82) is 0 Å². The van der Waals surface area contributed by atoms with Crippen molar-refractivity contribution in [1.82, 2.24) is 20.1 Å². The summed E-state index contributed by atoms with van der Waals surface area (Å²) < 4.78 is 29.8. The number of nitrogens with zero attached hydrogens (tertiary/aromatic N) is 3. The highest BCUT2D eigenvalue weighted by molar-refractivity contribution is 7.88. The van der Waals surface area contributed by atoms with Crippen LogP contribution in [0.3, 0.4) is 0 Å². The first-order valence-electron chi connectivity index (χ1n) is 8.20. The molecule has 1 saturated heterocycles. The Balaban J connectivity index is 1.91. The van der Waals surface area contributed by atoms with E-state index in [1.807, 2.05) is 20.8 Å². The van der Waals surface area contributed by atoms with Gasteiger partial charge in [0, 0.05) is 31.7 Å². The maximum absolute atomic E-state index is 11.6. The largest absolute Gasteiger partial charge is 0.361 e. The van der Waals surface area contributed by atoms with E-state index in [1.165, 1.54) is 10.6 Å². The molecule has 8 nitrogen and oxygen atoms in total. The van der Waals surface area contributed by atoms with E-state index in [4.69, 9.17) is 4.52 Å². The third-order valence-electron chi connectivity index (χ3n) is 4.20. The van der Waals surface area contributed by atoms with E-state index in [-0.39, 0.29) is 0 Å². The summed E-state index contributed by atoms with van der Waals surface area (Å²) in [4.78, 5) is 4.57. The molecule has 0 amide bonds. The summed E-state index contributed by atoms with van der Waals surface area (Å²) in [5.74, 6) is 1.80. The van der Waals surface area contributed by atoms with Crippen LogP contribution in [0.4, 0.5) is 0 Å². The second kappa shape index (κ2) is 7.98. The first kappa shape index (κ1) is 18.7. The van der Waals surface area contributed by atoms with Crippen molar-refractivity contribution < 1.29 is 12.9 Å². The summed E-state index contributed by atoms with van der Waals surface area (Å²) in [7, 11) is -3.09. The first-order valence-corrected chi connectivity index (χ1v) is 10.0. The van der Waals surface area contributed by atoms with Crippen molar-refractivity contribution in [3.05, 3.63) is 17.0 Å². The Kier molecular flexibility index (Phi) is 6.22. The van der Waals surface area contributed by atoms with Gasteiger partial charge < -0.3 is 15.2 Å². The molecule has 2 heterocycles. The van der Waals surface area contributed by atoms with Crippen LogP contribution in [0.25, 0.3) is 0 Å². The zero-order chi connectivity index (χ0) is 17.7. The standard InChI is InChI=1S/C15H27N5O3S/c1-5-16-15(18-9-14-11(2)19-23-12(14)3)17-8-13-6-7-20(10-13)24(4,21)22/h13H,5-10H2,1-4H3,(H2,16,17,18). The average molecular weight is 357 g/mol. The Morgan fingerprint density at radius 3 is 2.71 bits per heavy atom. The van der Waals surface area contributed by atoms with Crippen molar-refractivity contribution in [3.8, 4) is 0 Å². The van der Waals surface area contributed by atoms with Gasteiger partial charge in [-0.3, -0.25) is 0 Å². The zero-order valence-electron chi connectivity index (χ0n) is 14.8. The molecule has 0 radical (unpaired) electrons. The Morgan fingerprint density at radius 1 is 1.42 bits per heavy atom. The molecule has 9 heteroatoms. The van der Waals surface area contributed by atoms with Crippen LogP contribution in [0, 0.1) is 19.8 Å². The van der Waals surface area contributed by atoms with Crippen molar-refractivity contribution >= 4 is 16.0 Å². The molecule has 0 aromatic carbocycles. The molecule has 0 aliphatic carbocycles. The molecule has 1 aromatic heterocycles. The molecule has 1 fully saturated rings. The summed E-state index contributed by atoms with van der Waals surface area (Å²) >= 11 is 0. The van der Waals surface area contributed by atoms with Gasteiger partial charge in [0.15, 0.2) is 5.96 Å². The quantitative estimate of drug-likeness (QED) is 0.572. The van der Waals surface area contributed by atoms with Crippen LogP contribution in [-0.4, -0.2) is 56.3 Å². The smallest absolute Gasteiger partial charge is 0.211 e. The fourth-order valence-electron chi connectivity index (χ4n) is 2.73. The molecule has 1 aromatic rings. The minimum atomic E-state index is -3.09. The van der Waals surface area contributed by atoms with E-state index in [0.29, 0.717) is 32.1 Å². The molecule has 0 bridgehead atoms. The highest BCUT2D eigenvalue weighted by Gasteiger charge is 2.28. The van der Waals surface area contributed by atoms with Gasteiger partial charge in [-0.25, -0.2) is 17.7 Å². The number of guanidine groups is 1. The van der Waals surface area contributed by atoms with Gasteiger partial charge in [-0.15, -0.1) is 0 Å². The minimum absolute atomic E-state index is 0.294. The van der Waals surface area contributed by atoms with Gasteiger partial charge in [-0.2, -0.15) is 0 Å². The van der Waals surface area contributed by atoms with E-state index in [9.17, 15) is 8.42 Å². The molecular formula is C15H27N5O3S. The van der Waals surface area contributed by atoms with E-state index < -0.39 is 10.0 Å². The van der Waals surface area contributed by atoms with Crippen LogP contribution in [0.1, 0.15) is 30.4 Å². The molecule has 0 spiro atoms. The first-order chi connectivity index (χ1) is 11.3. The lowest BCUT2D eigenvalue weighted by molar-refractivity contribution is 0.392. The highest BCUT2D eigenvalue weighted by atomic mass is 32.2. The summed E-state index contributed by atoms with van der Waals surface area (Å²) in [5, 5.41) is 10.4. The maximum atomic E-state index is 11.6. The predicted molar refractivity (Wildman–Crippen MR) is 93.3 cm³/mol. The molecule has 2 rings (SSSR count). The fourth-order valence-corrected chi connectivity index (χ4v) is 3.65. The molecule has 24 heavy (non-hydrogen) atoms. The third kappa shape index (κ3) is 4.94. The SMILES string of the molecule is CCNC(=NCc1c(C)noc1C)NCC1CCN(S(C)(=O)=O)C1. The highest BCUT2D eigenvalue weighted by Crippen LogP contribution is 2.18. The van der Waals surface area contributed by atoms with Gasteiger partial charge in [-0.05, 0) is 33.1 Å². The Labute approximate surface area is 143 Å². The summed E-state index contributed by atoms with van der Waals surface area (Å²) in [6, 6.07) is 0. The van der Waals surface area contributed by atoms with Crippen LogP contribution in [0.15, 0.2) is 9.52 Å². The van der Waals surface area contributed by atoms with E-state index in [1.54, 1.807) is 0 Å². The molecular weight excluding hydrogens is 330 g/mol. The predicted octanol–water partition coefficient (Wildman–Crippen LogP) is 0.628. The van der Waals surface area contributed by atoms with Crippen molar-refractivity contribution in [2.24, 2.45) is 10.9 Å². The molecule has 0 saturated carbocycles. The second-order valence-electron chi connectivity index (χ2n) is 6.15. The number of aliphatic imine (C=N–C) groups is 1. The van der Waals surface area contributed by atoms with E-state index >= 15 is 0 Å². The number of sulfonamides is 1. The average Bonchev–Trinajstić information content (AvgIpc) is 3.10. The van der Waals surface area contributed by atoms with Crippen LogP contribution in [-0.2, 0) is 16.6 Å². The van der Waals surface area contributed by atoms with Crippen LogP contribution in [0.2, 0.25) is 0 Å². The Bertz CT molecular complexity index is 664. The number of nitrogens with one attached hydrogen (secondary N) is 2. The van der Waals surface area contributed by atoms with Crippen LogP contribution >= 0.6 is 0 Å². The van der Waals surface area contributed by atoms with Gasteiger partial charge in [0.1, 0.15) is 5.76 Å². The topological polar surface area (TPSA) is 99.8 Å². The molecule has 2 N–H and O–H groups in total. The van der Waals surface area contributed by atoms with Crippen molar-refractivity contribution in [3.63, 3.8) is 0 Å². The number of aromatic nitrogens is 1. The number of rotatable bonds is 6.